The summed E-state index contributed by atoms with van der Waals surface area (Å²) in [5.41, 5.74) is 0.762. The molecule has 3 amide bonds. The second kappa shape index (κ2) is 8.05. The Morgan fingerprint density at radius 1 is 1.10 bits per heavy atom. The summed E-state index contributed by atoms with van der Waals surface area (Å²) in [4.78, 5) is 42.5. The van der Waals surface area contributed by atoms with Crippen molar-refractivity contribution in [3.05, 3.63) is 82.2 Å². The van der Waals surface area contributed by atoms with Gasteiger partial charge >= 0.3 is 0 Å². The lowest BCUT2D eigenvalue weighted by atomic mass is 10.2. The number of hydrogen-bond donors (Lipinski definition) is 2. The fourth-order valence-electron chi connectivity index (χ4n) is 2.77. The van der Waals surface area contributed by atoms with Crippen LogP contribution < -0.4 is 15.5 Å². The molecule has 0 saturated heterocycles. The number of hydrogen-bond acceptors (Lipinski definition) is 6. The maximum atomic E-state index is 13.2. The zero-order valence-electron chi connectivity index (χ0n) is 15.1. The van der Waals surface area contributed by atoms with Crippen molar-refractivity contribution >= 4 is 57.2 Å². The predicted molar refractivity (Wildman–Crippen MR) is 112 cm³/mol. The minimum atomic E-state index is -0.728. The van der Waals surface area contributed by atoms with Crippen molar-refractivity contribution in [2.45, 2.75) is 0 Å². The molecule has 0 spiro atoms. The van der Waals surface area contributed by atoms with Crippen molar-refractivity contribution < 1.29 is 18.8 Å². The largest absolute Gasteiger partial charge is 0.350 e. The van der Waals surface area contributed by atoms with E-state index in [-0.39, 0.29) is 22.3 Å². The van der Waals surface area contributed by atoms with E-state index in [1.807, 2.05) is 0 Å². The molecule has 4 rings (SSSR count). The minimum Gasteiger partial charge on any atom is -0.350 e. The standard InChI is InChI=1S/C20H12ClFN4O3S/c21-15-16(19(29)26(18(15)28)14-6-4-12(22)5-7-14)24-13-3-1-2-11(10-13)17(27)25-20-23-8-9-30-20/h1-10,24H,(H,23,25,27). The summed E-state index contributed by atoms with van der Waals surface area (Å²) in [5.74, 6) is -2.29. The second-order valence-corrected chi connectivity index (χ2v) is 7.38. The molecule has 2 heterocycles. The molecular formula is C20H12ClFN4O3S. The van der Waals surface area contributed by atoms with Gasteiger partial charge in [0.1, 0.15) is 16.5 Å². The molecule has 30 heavy (non-hydrogen) atoms. The Bertz CT molecular complexity index is 1180. The highest BCUT2D eigenvalue weighted by atomic mass is 35.5. The number of rotatable bonds is 5. The van der Waals surface area contributed by atoms with Crippen LogP contribution in [0.15, 0.2) is 70.8 Å². The van der Waals surface area contributed by atoms with Crippen molar-refractivity contribution in [2.75, 3.05) is 15.5 Å². The summed E-state index contributed by atoms with van der Waals surface area (Å²) in [6, 6.07) is 11.2. The normalized spacial score (nSPS) is 13.7. The number of aromatic nitrogens is 1. The topological polar surface area (TPSA) is 91.4 Å². The molecule has 2 aromatic carbocycles. The van der Waals surface area contributed by atoms with Crippen LogP contribution >= 0.6 is 22.9 Å². The van der Waals surface area contributed by atoms with Crippen molar-refractivity contribution in [2.24, 2.45) is 0 Å². The molecule has 0 bridgehead atoms. The van der Waals surface area contributed by atoms with Crippen LogP contribution in [0.5, 0.6) is 0 Å². The van der Waals surface area contributed by atoms with E-state index in [0.29, 0.717) is 16.4 Å². The fourth-order valence-corrected chi connectivity index (χ4v) is 3.51. The van der Waals surface area contributed by atoms with Crippen LogP contribution in [-0.2, 0) is 9.59 Å². The SMILES string of the molecule is O=C(Nc1nccs1)c1cccc(NC2=C(Cl)C(=O)N(c3ccc(F)cc3)C2=O)c1. The first-order valence-corrected chi connectivity index (χ1v) is 9.82. The third-order valence-electron chi connectivity index (χ3n) is 4.16. The lowest BCUT2D eigenvalue weighted by Crippen LogP contribution is -2.32. The van der Waals surface area contributed by atoms with E-state index in [1.165, 1.54) is 29.5 Å². The summed E-state index contributed by atoms with van der Waals surface area (Å²) in [6.45, 7) is 0. The molecule has 1 aliphatic heterocycles. The number of thiazole rings is 1. The van der Waals surface area contributed by atoms with E-state index in [2.05, 4.69) is 15.6 Å². The molecule has 1 aromatic heterocycles. The Morgan fingerprint density at radius 3 is 2.57 bits per heavy atom. The van der Waals surface area contributed by atoms with Gasteiger partial charge in [0.25, 0.3) is 17.7 Å². The van der Waals surface area contributed by atoms with Crippen LogP contribution in [0.1, 0.15) is 10.4 Å². The van der Waals surface area contributed by atoms with Crippen LogP contribution in [0.3, 0.4) is 0 Å². The molecule has 1 aliphatic rings. The summed E-state index contributed by atoms with van der Waals surface area (Å²) < 4.78 is 13.2. The number of halogens is 2. The van der Waals surface area contributed by atoms with Gasteiger partial charge in [0.2, 0.25) is 0 Å². The molecule has 0 unspecified atom stereocenters. The van der Waals surface area contributed by atoms with Gasteiger partial charge in [0.05, 0.1) is 5.69 Å². The lowest BCUT2D eigenvalue weighted by molar-refractivity contribution is -0.120. The Labute approximate surface area is 178 Å². The highest BCUT2D eigenvalue weighted by Crippen LogP contribution is 2.30. The predicted octanol–water partition coefficient (Wildman–Crippen LogP) is 3.97. The summed E-state index contributed by atoms with van der Waals surface area (Å²) >= 11 is 7.37. The number of nitrogens with zero attached hydrogens (tertiary/aromatic N) is 2. The zero-order valence-corrected chi connectivity index (χ0v) is 16.6. The number of imide groups is 1. The van der Waals surface area contributed by atoms with Crippen molar-refractivity contribution in [3.63, 3.8) is 0 Å². The first-order chi connectivity index (χ1) is 14.4. The lowest BCUT2D eigenvalue weighted by Gasteiger charge is -2.15. The van der Waals surface area contributed by atoms with E-state index < -0.39 is 17.6 Å². The van der Waals surface area contributed by atoms with E-state index in [1.54, 1.807) is 29.8 Å². The van der Waals surface area contributed by atoms with Crippen molar-refractivity contribution in [1.82, 2.24) is 4.98 Å². The Kier molecular flexibility index (Phi) is 5.30. The van der Waals surface area contributed by atoms with Gasteiger partial charge in [-0.15, -0.1) is 11.3 Å². The van der Waals surface area contributed by atoms with Gasteiger partial charge in [-0.25, -0.2) is 14.3 Å². The van der Waals surface area contributed by atoms with Crippen molar-refractivity contribution in [1.29, 1.82) is 0 Å². The fraction of sp³-hybridized carbons (Fsp3) is 0. The van der Waals surface area contributed by atoms with E-state index >= 15 is 0 Å². The maximum Gasteiger partial charge on any atom is 0.283 e. The highest BCUT2D eigenvalue weighted by Gasteiger charge is 2.39. The van der Waals surface area contributed by atoms with Gasteiger partial charge in [-0.2, -0.15) is 0 Å². The summed E-state index contributed by atoms with van der Waals surface area (Å²) in [5, 5.41) is 7.35. The quantitative estimate of drug-likeness (QED) is 0.583. The molecule has 0 fully saturated rings. The Balaban J connectivity index is 1.55. The van der Waals surface area contributed by atoms with Gasteiger partial charge in [0, 0.05) is 22.8 Å². The number of anilines is 3. The Hall–Kier alpha value is -3.56. The van der Waals surface area contributed by atoms with E-state index in [0.717, 1.165) is 17.0 Å². The van der Waals surface area contributed by atoms with Gasteiger partial charge in [-0.3, -0.25) is 19.7 Å². The molecule has 7 nitrogen and oxygen atoms in total. The summed E-state index contributed by atoms with van der Waals surface area (Å²) in [7, 11) is 0. The Morgan fingerprint density at radius 2 is 1.87 bits per heavy atom. The van der Waals surface area contributed by atoms with Gasteiger partial charge in [-0.1, -0.05) is 17.7 Å². The monoisotopic (exact) mass is 442 g/mol. The van der Waals surface area contributed by atoms with Gasteiger partial charge in [0.15, 0.2) is 5.13 Å². The molecular weight excluding hydrogens is 431 g/mol. The van der Waals surface area contributed by atoms with Crippen LogP contribution in [0.2, 0.25) is 0 Å². The zero-order chi connectivity index (χ0) is 21.3. The molecule has 0 saturated carbocycles. The molecule has 3 aromatic rings. The van der Waals surface area contributed by atoms with Crippen LogP contribution in [-0.4, -0.2) is 22.7 Å². The number of carbonyl (C=O) groups excluding carboxylic acids is 3. The molecule has 2 N–H and O–H groups in total. The second-order valence-electron chi connectivity index (χ2n) is 6.11. The minimum absolute atomic E-state index is 0.136. The number of amides is 3. The third-order valence-corrected chi connectivity index (χ3v) is 5.20. The maximum absolute atomic E-state index is 13.2. The first-order valence-electron chi connectivity index (χ1n) is 8.56. The first kappa shape index (κ1) is 19.7. The van der Waals surface area contributed by atoms with E-state index in [4.69, 9.17) is 11.6 Å². The van der Waals surface area contributed by atoms with Crippen LogP contribution in [0.25, 0.3) is 0 Å². The van der Waals surface area contributed by atoms with Crippen LogP contribution in [0.4, 0.5) is 20.9 Å². The smallest absolute Gasteiger partial charge is 0.283 e. The third kappa shape index (κ3) is 3.80. The van der Waals surface area contributed by atoms with Gasteiger partial charge in [-0.05, 0) is 42.5 Å². The average Bonchev–Trinajstić information content (AvgIpc) is 3.32. The molecule has 10 heteroatoms. The molecule has 0 radical (unpaired) electrons. The molecule has 150 valence electrons. The van der Waals surface area contributed by atoms with E-state index in [9.17, 15) is 18.8 Å². The summed E-state index contributed by atoms with van der Waals surface area (Å²) in [6.07, 6.45) is 1.57. The number of benzene rings is 2. The van der Waals surface area contributed by atoms with Gasteiger partial charge < -0.3 is 5.32 Å². The van der Waals surface area contributed by atoms with Crippen molar-refractivity contribution in [3.8, 4) is 0 Å². The highest BCUT2D eigenvalue weighted by molar-refractivity contribution is 7.13. The number of carbonyl (C=O) groups is 3. The average molecular weight is 443 g/mol. The molecule has 0 aliphatic carbocycles. The van der Waals surface area contributed by atoms with Crippen LogP contribution in [0, 0.1) is 5.82 Å². The number of nitrogens with one attached hydrogen (secondary N) is 2. The molecule has 0 atom stereocenters.